The summed E-state index contributed by atoms with van der Waals surface area (Å²) in [7, 11) is 0. The van der Waals surface area contributed by atoms with Gasteiger partial charge in [-0.3, -0.25) is 0 Å². The Labute approximate surface area is 403 Å². The predicted molar refractivity (Wildman–Crippen MR) is 286 cm³/mol. The molecule has 11 aromatic rings. The molecule has 4 aromatic heterocycles. The smallest absolute Gasteiger partial charge is 0.127 e. The summed E-state index contributed by atoms with van der Waals surface area (Å²) in [5, 5.41) is 4.60. The zero-order valence-electron chi connectivity index (χ0n) is 37.8. The molecule has 0 N–H and O–H groups in total. The van der Waals surface area contributed by atoms with Gasteiger partial charge < -0.3 is 18.9 Å². The number of anilines is 2. The van der Waals surface area contributed by atoms with Crippen LogP contribution in [0.2, 0.25) is 0 Å². The number of para-hydroxylation sites is 4. The Kier molecular flexibility index (Phi) is 8.76. The minimum absolute atomic E-state index is 1.05. The van der Waals surface area contributed by atoms with Crippen molar-refractivity contribution >= 4 is 76.3 Å². The molecule has 0 amide bonds. The number of aryl methyl sites for hydroxylation is 4. The van der Waals surface area contributed by atoms with E-state index in [1.54, 1.807) is 22.7 Å². The molecule has 4 aliphatic rings. The molecule has 8 heteroatoms. The summed E-state index contributed by atoms with van der Waals surface area (Å²) in [6.45, 7) is 4.65. The highest BCUT2D eigenvalue weighted by Crippen LogP contribution is 2.50. The van der Waals surface area contributed by atoms with Crippen molar-refractivity contribution in [3.05, 3.63) is 168 Å². The minimum Gasteiger partial charge on any atom is -0.371 e. The number of rotatable bonds is 6. The number of nitrogens with zero attached hydrogens (tertiary/aromatic N) is 6. The normalized spacial score (nSPS) is 15.5. The van der Waals surface area contributed by atoms with Crippen molar-refractivity contribution < 1.29 is 0 Å². The monoisotopic (exact) mass is 916 g/mol. The summed E-state index contributed by atoms with van der Waals surface area (Å²) in [4.78, 5) is 16.1. The summed E-state index contributed by atoms with van der Waals surface area (Å²) in [5.41, 5.74) is 23.2. The summed E-state index contributed by atoms with van der Waals surface area (Å²) < 4.78 is 7.51. The van der Waals surface area contributed by atoms with Crippen LogP contribution >= 0.6 is 22.7 Å². The maximum absolute atomic E-state index is 5.38. The van der Waals surface area contributed by atoms with Crippen LogP contribution in [0.1, 0.15) is 47.9 Å². The van der Waals surface area contributed by atoms with E-state index in [4.69, 9.17) is 9.97 Å². The molecule has 6 nitrogen and oxygen atoms in total. The summed E-state index contributed by atoms with van der Waals surface area (Å²) in [5.74, 6) is 0. The van der Waals surface area contributed by atoms with Gasteiger partial charge in [-0.2, -0.15) is 0 Å². The van der Waals surface area contributed by atoms with E-state index in [-0.39, 0.29) is 0 Å². The molecule has 0 bridgehead atoms. The molecule has 330 valence electrons. The number of benzene rings is 7. The highest BCUT2D eigenvalue weighted by Gasteiger charge is 2.31. The van der Waals surface area contributed by atoms with E-state index in [0.29, 0.717) is 0 Å². The minimum atomic E-state index is 1.05. The van der Waals surface area contributed by atoms with E-state index in [1.807, 2.05) is 0 Å². The van der Waals surface area contributed by atoms with Crippen molar-refractivity contribution in [1.82, 2.24) is 19.1 Å². The Bertz CT molecular complexity index is 3470. The first-order chi connectivity index (χ1) is 33.7. The van der Waals surface area contributed by atoms with E-state index < -0.39 is 0 Å². The summed E-state index contributed by atoms with van der Waals surface area (Å²) in [6, 6.07) is 54.8. The van der Waals surface area contributed by atoms with Crippen molar-refractivity contribution in [1.29, 1.82) is 0 Å². The summed E-state index contributed by atoms with van der Waals surface area (Å²) in [6.07, 6.45) is 9.28. The van der Waals surface area contributed by atoms with Crippen LogP contribution in [-0.2, 0) is 25.7 Å². The van der Waals surface area contributed by atoms with Crippen molar-refractivity contribution in [3.8, 4) is 55.0 Å². The Morgan fingerprint density at radius 3 is 1.16 bits per heavy atom. The lowest BCUT2D eigenvalue weighted by Gasteiger charge is -2.37. The zero-order chi connectivity index (χ0) is 44.5. The molecular weight excluding hydrogens is 869 g/mol. The second-order valence-corrected chi connectivity index (χ2v) is 21.4. The molecule has 0 saturated carbocycles. The van der Waals surface area contributed by atoms with Crippen LogP contribution in [0.25, 0.3) is 97.3 Å². The lowest BCUT2D eigenvalue weighted by molar-refractivity contribution is 0.634. The quantitative estimate of drug-likeness (QED) is 0.167. The third-order valence-corrected chi connectivity index (χ3v) is 17.5. The Balaban J connectivity index is 0.971. The molecule has 0 radical (unpaired) electrons. The van der Waals surface area contributed by atoms with Crippen LogP contribution in [0, 0.1) is 0 Å². The van der Waals surface area contributed by atoms with Crippen molar-refractivity contribution in [3.63, 3.8) is 0 Å². The lowest BCUT2D eigenvalue weighted by atomic mass is 9.88. The fraction of sp³-hybridized carbons (Fsp3) is 0.200. The van der Waals surface area contributed by atoms with Gasteiger partial charge in [0, 0.05) is 70.8 Å². The van der Waals surface area contributed by atoms with Gasteiger partial charge in [-0.05, 0) is 170 Å². The molecule has 68 heavy (non-hydrogen) atoms. The van der Waals surface area contributed by atoms with E-state index in [0.717, 1.165) is 84.3 Å². The van der Waals surface area contributed by atoms with Gasteiger partial charge in [-0.1, -0.05) is 60.7 Å². The van der Waals surface area contributed by atoms with Gasteiger partial charge >= 0.3 is 0 Å². The second-order valence-electron chi connectivity index (χ2n) is 19.3. The lowest BCUT2D eigenvalue weighted by Crippen LogP contribution is -2.34. The average Bonchev–Trinajstić information content (AvgIpc) is 4.17. The Morgan fingerprint density at radius 1 is 0.397 bits per heavy atom. The molecule has 0 unspecified atom stereocenters. The predicted octanol–water partition coefficient (Wildman–Crippen LogP) is 14.9. The maximum atomic E-state index is 5.38. The molecule has 0 atom stereocenters. The van der Waals surface area contributed by atoms with Crippen molar-refractivity contribution in [2.45, 2.75) is 51.4 Å². The SMILES string of the molecule is c1ccc2sc(-c3c(-c4cc5c6c(c4)CCCN6CCC5)n(-c4ccc(-n5c(-c6cc7c8c(c6)CCCN8CCC7)c(-c6nc7ccccc7s6)c6ccccc65)cc4)c4ccccc34)nc2c1. The van der Waals surface area contributed by atoms with Crippen LogP contribution in [0.15, 0.2) is 146 Å². The van der Waals surface area contributed by atoms with Crippen LogP contribution in [0.3, 0.4) is 0 Å². The van der Waals surface area contributed by atoms with Gasteiger partial charge in [0.2, 0.25) is 0 Å². The van der Waals surface area contributed by atoms with Crippen molar-refractivity contribution in [2.75, 3.05) is 36.0 Å². The standard InChI is InChI=1S/C60H48N6S2/c1-5-21-49-45(17-1)53(59-61-47-19-3-7-23-51(47)67-59)57(41-33-37-13-9-29-63-30-10-14-38(34-41)55(37)63)65(49)43-25-27-44(28-26-43)66-50-22-6-2-18-46(50)54(60-62-48-20-4-8-24-52(48)68-60)58(66)42-35-39-15-11-31-64-32-12-16-40(36-42)56(39)64/h1-8,17-28,33-36H,9-16,29-32H2. The van der Waals surface area contributed by atoms with Crippen LogP contribution in [-0.4, -0.2) is 45.3 Å². The first kappa shape index (κ1) is 39.0. The Morgan fingerprint density at radius 2 is 0.765 bits per heavy atom. The van der Waals surface area contributed by atoms with E-state index in [2.05, 4.69) is 165 Å². The van der Waals surface area contributed by atoms with Gasteiger partial charge in [-0.25, -0.2) is 9.97 Å². The number of thiazole rings is 2. The van der Waals surface area contributed by atoms with E-state index in [1.165, 1.54) is 124 Å². The summed E-state index contributed by atoms with van der Waals surface area (Å²) >= 11 is 3.61. The molecule has 0 aliphatic carbocycles. The maximum Gasteiger partial charge on any atom is 0.127 e. The third-order valence-electron chi connectivity index (χ3n) is 15.3. The molecule has 0 fully saturated rings. The number of hydrogen-bond acceptors (Lipinski definition) is 6. The highest BCUT2D eigenvalue weighted by molar-refractivity contribution is 7.22. The fourth-order valence-electron chi connectivity index (χ4n) is 12.6. The van der Waals surface area contributed by atoms with Crippen LogP contribution in [0.4, 0.5) is 11.4 Å². The molecule has 15 rings (SSSR count). The first-order valence-electron chi connectivity index (χ1n) is 24.6. The van der Waals surface area contributed by atoms with Crippen LogP contribution in [0.5, 0.6) is 0 Å². The highest BCUT2D eigenvalue weighted by atomic mass is 32.1. The van der Waals surface area contributed by atoms with Crippen molar-refractivity contribution in [2.24, 2.45) is 0 Å². The van der Waals surface area contributed by atoms with E-state index in [9.17, 15) is 0 Å². The van der Waals surface area contributed by atoms with Gasteiger partial charge in [0.15, 0.2) is 0 Å². The topological polar surface area (TPSA) is 42.1 Å². The molecule has 8 heterocycles. The molecule has 4 aliphatic heterocycles. The van der Waals surface area contributed by atoms with Gasteiger partial charge in [0.1, 0.15) is 10.0 Å². The van der Waals surface area contributed by atoms with Crippen LogP contribution < -0.4 is 9.80 Å². The Hall–Kier alpha value is -7.00. The number of hydrogen-bond donors (Lipinski definition) is 0. The second kappa shape index (κ2) is 15.3. The fourth-order valence-corrected chi connectivity index (χ4v) is 14.6. The van der Waals surface area contributed by atoms with Gasteiger partial charge in [0.05, 0.1) is 42.9 Å². The van der Waals surface area contributed by atoms with Gasteiger partial charge in [-0.15, -0.1) is 22.7 Å². The van der Waals surface area contributed by atoms with E-state index >= 15 is 0 Å². The van der Waals surface area contributed by atoms with Gasteiger partial charge in [0.25, 0.3) is 0 Å². The first-order valence-corrected chi connectivity index (χ1v) is 26.3. The zero-order valence-corrected chi connectivity index (χ0v) is 39.5. The molecular formula is C60H48N6S2. The average molecular weight is 917 g/mol. The molecule has 0 spiro atoms. The molecule has 0 saturated heterocycles. The largest absolute Gasteiger partial charge is 0.371 e. The number of aromatic nitrogens is 4. The third kappa shape index (κ3) is 5.93. The number of fused-ring (bicyclic) bond motifs is 4. The molecule has 7 aromatic carbocycles.